The molecule has 0 N–H and O–H groups in total. The van der Waals surface area contributed by atoms with E-state index in [2.05, 4.69) is 10.2 Å². The number of carbonyl (C=O) groups is 3. The second kappa shape index (κ2) is 11.0. The van der Waals surface area contributed by atoms with Gasteiger partial charge in [0.2, 0.25) is 11.8 Å². The van der Waals surface area contributed by atoms with E-state index in [0.29, 0.717) is 44.3 Å². The van der Waals surface area contributed by atoms with Crippen molar-refractivity contribution in [3.05, 3.63) is 23.4 Å². The molecule has 9 nitrogen and oxygen atoms in total. The Morgan fingerprint density at radius 2 is 2.16 bits per heavy atom. The molecular formula is C21H28N4O5S. The highest BCUT2D eigenvalue weighted by Gasteiger charge is 2.29. The second-order valence-corrected chi connectivity index (χ2v) is 8.38. The van der Waals surface area contributed by atoms with E-state index >= 15 is 0 Å². The first-order chi connectivity index (χ1) is 15.0. The third-order valence-corrected chi connectivity index (χ3v) is 5.98. The molecule has 0 radical (unpaired) electrons. The number of piperidine rings is 1. The Balaban J connectivity index is 1.53. The van der Waals surface area contributed by atoms with E-state index in [0.717, 1.165) is 17.7 Å². The van der Waals surface area contributed by atoms with Crippen LogP contribution in [0, 0.1) is 5.92 Å². The SMILES string of the molecule is CCCN(Cc1nnc(-c2cccs2)o1)C(=O)COC(=O)C1CCCN(C(=O)CC)C1. The van der Waals surface area contributed by atoms with Crippen molar-refractivity contribution in [2.75, 3.05) is 26.2 Å². The summed E-state index contributed by atoms with van der Waals surface area (Å²) in [6, 6.07) is 3.78. The van der Waals surface area contributed by atoms with Crippen LogP contribution in [0.3, 0.4) is 0 Å². The minimum absolute atomic E-state index is 0.0316. The third-order valence-electron chi connectivity index (χ3n) is 5.12. The van der Waals surface area contributed by atoms with Gasteiger partial charge in [-0.05, 0) is 30.7 Å². The molecule has 1 aliphatic rings. The number of esters is 1. The summed E-state index contributed by atoms with van der Waals surface area (Å²) in [5.41, 5.74) is 0. The van der Waals surface area contributed by atoms with E-state index in [9.17, 15) is 14.4 Å². The molecule has 2 aromatic rings. The van der Waals surface area contributed by atoms with Crippen LogP contribution in [0.2, 0.25) is 0 Å². The smallest absolute Gasteiger partial charge is 0.311 e. The average molecular weight is 449 g/mol. The van der Waals surface area contributed by atoms with E-state index in [1.807, 2.05) is 24.4 Å². The number of hydrogen-bond donors (Lipinski definition) is 0. The van der Waals surface area contributed by atoms with Gasteiger partial charge in [-0.15, -0.1) is 21.5 Å². The van der Waals surface area contributed by atoms with Gasteiger partial charge < -0.3 is 19.0 Å². The summed E-state index contributed by atoms with van der Waals surface area (Å²) in [5, 5.41) is 9.98. The molecule has 1 fully saturated rings. The molecule has 168 valence electrons. The predicted octanol–water partition coefficient (Wildman–Crippen LogP) is 2.73. The van der Waals surface area contributed by atoms with Crippen LogP contribution in [0.5, 0.6) is 0 Å². The molecule has 0 bridgehead atoms. The molecule has 1 saturated heterocycles. The van der Waals surface area contributed by atoms with Crippen molar-refractivity contribution in [2.45, 2.75) is 46.1 Å². The zero-order chi connectivity index (χ0) is 22.2. The summed E-state index contributed by atoms with van der Waals surface area (Å²) in [6.07, 6.45) is 2.57. The van der Waals surface area contributed by atoms with Crippen LogP contribution >= 0.6 is 11.3 Å². The molecule has 0 aliphatic carbocycles. The van der Waals surface area contributed by atoms with Gasteiger partial charge in [0.15, 0.2) is 6.61 Å². The number of nitrogens with zero attached hydrogens (tertiary/aromatic N) is 4. The average Bonchev–Trinajstić information content (AvgIpc) is 3.48. The number of carbonyl (C=O) groups excluding carboxylic acids is 3. The molecular weight excluding hydrogens is 420 g/mol. The Hall–Kier alpha value is -2.75. The van der Waals surface area contributed by atoms with Gasteiger partial charge in [-0.1, -0.05) is 19.9 Å². The Kier molecular flexibility index (Phi) is 8.16. The summed E-state index contributed by atoms with van der Waals surface area (Å²) >= 11 is 1.49. The summed E-state index contributed by atoms with van der Waals surface area (Å²) in [5.74, 6) is -0.356. The minimum atomic E-state index is -0.434. The van der Waals surface area contributed by atoms with Crippen LogP contribution in [0.25, 0.3) is 10.8 Å². The molecule has 10 heteroatoms. The van der Waals surface area contributed by atoms with E-state index < -0.39 is 5.97 Å². The Bertz CT molecular complexity index is 882. The minimum Gasteiger partial charge on any atom is -0.455 e. The second-order valence-electron chi connectivity index (χ2n) is 7.43. The number of likely N-dealkylation sites (tertiary alicyclic amines) is 1. The summed E-state index contributed by atoms with van der Waals surface area (Å²) < 4.78 is 11.0. The monoisotopic (exact) mass is 448 g/mol. The lowest BCUT2D eigenvalue weighted by atomic mass is 9.98. The van der Waals surface area contributed by atoms with Crippen LogP contribution in [0.4, 0.5) is 0 Å². The van der Waals surface area contributed by atoms with Gasteiger partial charge >= 0.3 is 5.97 Å². The molecule has 0 aromatic carbocycles. The quantitative estimate of drug-likeness (QED) is 0.543. The lowest BCUT2D eigenvalue weighted by molar-refractivity contribution is -0.158. The lowest BCUT2D eigenvalue weighted by Gasteiger charge is -2.31. The normalized spacial score (nSPS) is 16.2. The number of hydrogen-bond acceptors (Lipinski definition) is 8. The zero-order valence-corrected chi connectivity index (χ0v) is 18.7. The first-order valence-electron chi connectivity index (χ1n) is 10.6. The molecule has 0 saturated carbocycles. The largest absolute Gasteiger partial charge is 0.455 e. The first kappa shape index (κ1) is 22.9. The van der Waals surface area contributed by atoms with Crippen LogP contribution in [-0.2, 0) is 25.7 Å². The van der Waals surface area contributed by atoms with E-state index in [1.54, 1.807) is 16.7 Å². The molecule has 1 atom stereocenters. The maximum absolute atomic E-state index is 12.7. The fourth-order valence-corrected chi connectivity index (χ4v) is 4.15. The van der Waals surface area contributed by atoms with Gasteiger partial charge in [-0.2, -0.15) is 0 Å². The van der Waals surface area contributed by atoms with Gasteiger partial charge in [0.25, 0.3) is 11.8 Å². The lowest BCUT2D eigenvalue weighted by Crippen LogP contribution is -2.43. The first-order valence-corrected chi connectivity index (χ1v) is 11.5. The highest BCUT2D eigenvalue weighted by atomic mass is 32.1. The fraction of sp³-hybridized carbons (Fsp3) is 0.571. The Morgan fingerprint density at radius 3 is 2.87 bits per heavy atom. The predicted molar refractivity (Wildman–Crippen MR) is 114 cm³/mol. The van der Waals surface area contributed by atoms with Crippen molar-refractivity contribution in [3.63, 3.8) is 0 Å². The zero-order valence-electron chi connectivity index (χ0n) is 17.9. The van der Waals surface area contributed by atoms with E-state index in [4.69, 9.17) is 9.15 Å². The van der Waals surface area contributed by atoms with Gasteiger partial charge in [0.1, 0.15) is 0 Å². The van der Waals surface area contributed by atoms with Gasteiger partial charge in [0.05, 0.1) is 17.3 Å². The number of thiophene rings is 1. The highest BCUT2D eigenvalue weighted by molar-refractivity contribution is 7.13. The summed E-state index contributed by atoms with van der Waals surface area (Å²) in [6.45, 7) is 5.07. The van der Waals surface area contributed by atoms with Crippen LogP contribution < -0.4 is 0 Å². The molecule has 31 heavy (non-hydrogen) atoms. The van der Waals surface area contributed by atoms with Crippen LogP contribution in [0.15, 0.2) is 21.9 Å². The summed E-state index contributed by atoms with van der Waals surface area (Å²) in [4.78, 5) is 41.2. The van der Waals surface area contributed by atoms with Crippen molar-refractivity contribution in [2.24, 2.45) is 5.92 Å². The molecule has 1 aliphatic heterocycles. The Morgan fingerprint density at radius 1 is 1.32 bits per heavy atom. The van der Waals surface area contributed by atoms with Crippen LogP contribution in [0.1, 0.15) is 45.4 Å². The van der Waals surface area contributed by atoms with Crippen molar-refractivity contribution in [3.8, 4) is 10.8 Å². The molecule has 3 heterocycles. The van der Waals surface area contributed by atoms with Gasteiger partial charge in [0, 0.05) is 26.1 Å². The summed E-state index contributed by atoms with van der Waals surface area (Å²) in [7, 11) is 0. The number of rotatable bonds is 9. The van der Waals surface area contributed by atoms with E-state index in [-0.39, 0.29) is 30.9 Å². The van der Waals surface area contributed by atoms with Crippen molar-refractivity contribution in [1.82, 2.24) is 20.0 Å². The molecule has 1 unspecified atom stereocenters. The third kappa shape index (κ3) is 6.13. The van der Waals surface area contributed by atoms with Crippen molar-refractivity contribution in [1.29, 1.82) is 0 Å². The number of aromatic nitrogens is 2. The maximum atomic E-state index is 12.7. The molecule has 2 amide bonds. The van der Waals surface area contributed by atoms with Crippen LogP contribution in [-0.4, -0.2) is 64.0 Å². The highest BCUT2D eigenvalue weighted by Crippen LogP contribution is 2.23. The van der Waals surface area contributed by atoms with Gasteiger partial charge in [-0.3, -0.25) is 14.4 Å². The van der Waals surface area contributed by atoms with Crippen molar-refractivity contribution < 1.29 is 23.5 Å². The molecule has 3 rings (SSSR count). The molecule has 0 spiro atoms. The van der Waals surface area contributed by atoms with Gasteiger partial charge in [-0.25, -0.2) is 0 Å². The maximum Gasteiger partial charge on any atom is 0.311 e. The fourth-order valence-electron chi connectivity index (χ4n) is 3.50. The number of amides is 2. The topological polar surface area (TPSA) is 106 Å². The Labute approximate surface area is 185 Å². The molecule has 2 aromatic heterocycles. The number of ether oxygens (including phenoxy) is 1. The standard InChI is InChI=1S/C21H28N4O5S/c1-3-9-24(13-17-22-23-20(30-17)16-8-6-11-31-16)19(27)14-29-21(28)15-7-5-10-25(12-15)18(26)4-2/h6,8,11,15H,3-5,7,9-10,12-14H2,1-2H3. The van der Waals surface area contributed by atoms with Crippen molar-refractivity contribution >= 4 is 29.1 Å². The van der Waals surface area contributed by atoms with E-state index in [1.165, 1.54) is 11.3 Å².